The first kappa shape index (κ1) is 7.61. The summed E-state index contributed by atoms with van der Waals surface area (Å²) in [5.74, 6) is 0. The van der Waals surface area contributed by atoms with Gasteiger partial charge < -0.3 is 0 Å². The number of hydrogen-bond donors (Lipinski definition) is 1. The van der Waals surface area contributed by atoms with Crippen molar-refractivity contribution in [1.82, 2.24) is 9.78 Å². The van der Waals surface area contributed by atoms with Crippen molar-refractivity contribution >= 4 is 5.69 Å². The first-order valence-corrected chi connectivity index (χ1v) is 3.43. The third-order valence-electron chi connectivity index (χ3n) is 1.33. The summed E-state index contributed by atoms with van der Waals surface area (Å²) in [7, 11) is 0. The zero-order chi connectivity index (χ0) is 8.27. The van der Waals surface area contributed by atoms with Gasteiger partial charge in [0.25, 0.3) is 0 Å². The highest BCUT2D eigenvalue weighted by Gasteiger charge is 1.99. The third kappa shape index (κ3) is 1.71. The number of nitriles is 1. The van der Waals surface area contributed by atoms with E-state index in [1.165, 1.54) is 0 Å². The lowest BCUT2D eigenvalue weighted by Gasteiger charge is -2.02. The summed E-state index contributed by atoms with van der Waals surface area (Å²) >= 11 is 0. The maximum absolute atomic E-state index is 8.27. The van der Waals surface area contributed by atoms with Crippen LogP contribution in [0.15, 0.2) is 12.4 Å². The number of nitrogens with one attached hydrogen (secondary N) is 1. The lowest BCUT2D eigenvalue weighted by molar-refractivity contribution is 0.532. The van der Waals surface area contributed by atoms with Crippen LogP contribution in [0.1, 0.15) is 19.9 Å². The highest BCUT2D eigenvalue weighted by molar-refractivity contribution is 5.41. The van der Waals surface area contributed by atoms with Crippen molar-refractivity contribution in [2.24, 2.45) is 0 Å². The molecule has 1 aromatic heterocycles. The Morgan fingerprint density at radius 2 is 2.45 bits per heavy atom. The Labute approximate surface area is 65.4 Å². The van der Waals surface area contributed by atoms with Crippen LogP contribution in [0.3, 0.4) is 0 Å². The summed E-state index contributed by atoms with van der Waals surface area (Å²) in [6.07, 6.45) is 5.26. The molecule has 0 aromatic carbocycles. The molecule has 1 rings (SSSR count). The molecule has 0 saturated heterocycles. The minimum Gasteiger partial charge on any atom is -0.290 e. The van der Waals surface area contributed by atoms with Crippen LogP contribution in [0.4, 0.5) is 5.69 Å². The number of anilines is 1. The van der Waals surface area contributed by atoms with Crippen LogP contribution in [0.2, 0.25) is 0 Å². The van der Waals surface area contributed by atoms with Crippen LogP contribution in [0.5, 0.6) is 0 Å². The molecule has 0 aliphatic rings. The van der Waals surface area contributed by atoms with Crippen molar-refractivity contribution in [1.29, 1.82) is 5.26 Å². The van der Waals surface area contributed by atoms with Gasteiger partial charge in [0, 0.05) is 12.2 Å². The molecule has 58 valence electrons. The molecule has 4 heteroatoms. The van der Waals surface area contributed by atoms with E-state index in [1.54, 1.807) is 17.1 Å². The summed E-state index contributed by atoms with van der Waals surface area (Å²) in [6, 6.07) is 0.337. The van der Waals surface area contributed by atoms with E-state index in [1.807, 2.05) is 20.0 Å². The second-order valence-electron chi connectivity index (χ2n) is 2.54. The van der Waals surface area contributed by atoms with Crippen molar-refractivity contribution < 1.29 is 0 Å². The Balaban J connectivity index is 2.75. The van der Waals surface area contributed by atoms with Gasteiger partial charge in [0.1, 0.15) is 0 Å². The zero-order valence-corrected chi connectivity index (χ0v) is 6.57. The largest absolute Gasteiger partial charge is 0.290 e. The van der Waals surface area contributed by atoms with E-state index in [0.717, 1.165) is 5.69 Å². The lowest BCUT2D eigenvalue weighted by Crippen LogP contribution is -1.99. The highest BCUT2D eigenvalue weighted by Crippen LogP contribution is 2.08. The van der Waals surface area contributed by atoms with Gasteiger partial charge in [-0.1, -0.05) is 0 Å². The molecule has 0 bridgehead atoms. The Kier molecular flexibility index (Phi) is 2.12. The van der Waals surface area contributed by atoms with Gasteiger partial charge in [-0.25, -0.2) is 0 Å². The zero-order valence-electron chi connectivity index (χ0n) is 6.57. The van der Waals surface area contributed by atoms with Gasteiger partial charge in [0.15, 0.2) is 6.19 Å². The highest BCUT2D eigenvalue weighted by atomic mass is 15.3. The molecule has 0 saturated carbocycles. The monoisotopic (exact) mass is 150 g/mol. The van der Waals surface area contributed by atoms with Crippen molar-refractivity contribution in [3.63, 3.8) is 0 Å². The molecular weight excluding hydrogens is 140 g/mol. The van der Waals surface area contributed by atoms with E-state index in [0.29, 0.717) is 6.04 Å². The fraction of sp³-hybridized carbons (Fsp3) is 0.429. The lowest BCUT2D eigenvalue weighted by atomic mass is 10.4. The van der Waals surface area contributed by atoms with Crippen LogP contribution in [0, 0.1) is 11.5 Å². The summed E-state index contributed by atoms with van der Waals surface area (Å²) in [4.78, 5) is 0. The molecule has 0 radical (unpaired) electrons. The minimum atomic E-state index is 0.337. The molecule has 1 aromatic rings. The van der Waals surface area contributed by atoms with Gasteiger partial charge in [0.05, 0.1) is 11.9 Å². The van der Waals surface area contributed by atoms with Crippen LogP contribution >= 0.6 is 0 Å². The Bertz CT molecular complexity index is 268. The van der Waals surface area contributed by atoms with E-state index in [9.17, 15) is 0 Å². The Hall–Kier alpha value is -1.50. The number of aromatic nitrogens is 2. The molecule has 0 aliphatic carbocycles. The van der Waals surface area contributed by atoms with Crippen LogP contribution in [0.25, 0.3) is 0 Å². The molecule has 4 nitrogen and oxygen atoms in total. The van der Waals surface area contributed by atoms with Crippen molar-refractivity contribution in [3.8, 4) is 6.19 Å². The van der Waals surface area contributed by atoms with Gasteiger partial charge in [0.2, 0.25) is 0 Å². The quantitative estimate of drug-likeness (QED) is 0.511. The van der Waals surface area contributed by atoms with E-state index in [-0.39, 0.29) is 0 Å². The first-order valence-electron chi connectivity index (χ1n) is 3.43. The average molecular weight is 150 g/mol. The molecular formula is C7H10N4. The van der Waals surface area contributed by atoms with Gasteiger partial charge in [-0.3, -0.25) is 10.00 Å². The molecule has 0 amide bonds. The normalized spacial score (nSPS) is 9.64. The van der Waals surface area contributed by atoms with Crippen LogP contribution < -0.4 is 5.32 Å². The van der Waals surface area contributed by atoms with Gasteiger partial charge in [-0.05, 0) is 13.8 Å². The minimum absolute atomic E-state index is 0.337. The van der Waals surface area contributed by atoms with Crippen molar-refractivity contribution in [2.45, 2.75) is 19.9 Å². The second kappa shape index (κ2) is 3.06. The second-order valence-corrected chi connectivity index (χ2v) is 2.54. The topological polar surface area (TPSA) is 53.6 Å². The number of nitrogens with zero attached hydrogens (tertiary/aromatic N) is 3. The van der Waals surface area contributed by atoms with E-state index < -0.39 is 0 Å². The fourth-order valence-corrected chi connectivity index (χ4v) is 0.750. The molecule has 0 fully saturated rings. The SMILES string of the molecule is CC(C)n1cc(NC#N)cn1. The molecule has 0 unspecified atom stereocenters. The fourth-order valence-electron chi connectivity index (χ4n) is 0.750. The van der Waals surface area contributed by atoms with E-state index >= 15 is 0 Å². The predicted octanol–water partition coefficient (Wildman–Crippen LogP) is 1.36. The summed E-state index contributed by atoms with van der Waals surface area (Å²) in [5, 5.41) is 14.8. The van der Waals surface area contributed by atoms with Crippen molar-refractivity contribution in [2.75, 3.05) is 5.32 Å². The summed E-state index contributed by atoms with van der Waals surface area (Å²) < 4.78 is 1.79. The summed E-state index contributed by atoms with van der Waals surface area (Å²) in [5.41, 5.74) is 0.737. The molecule has 0 aliphatic heterocycles. The molecule has 1 N–H and O–H groups in total. The third-order valence-corrected chi connectivity index (χ3v) is 1.33. The van der Waals surface area contributed by atoms with Gasteiger partial charge >= 0.3 is 0 Å². The van der Waals surface area contributed by atoms with Gasteiger partial charge in [-0.2, -0.15) is 10.4 Å². The summed E-state index contributed by atoms with van der Waals surface area (Å²) in [6.45, 7) is 4.06. The molecule has 0 atom stereocenters. The maximum atomic E-state index is 8.27. The number of hydrogen-bond acceptors (Lipinski definition) is 3. The predicted molar refractivity (Wildman–Crippen MR) is 41.8 cm³/mol. The van der Waals surface area contributed by atoms with E-state index in [4.69, 9.17) is 5.26 Å². The first-order chi connectivity index (χ1) is 5.24. The van der Waals surface area contributed by atoms with E-state index in [2.05, 4.69) is 10.4 Å². The average Bonchev–Trinajstić information content (AvgIpc) is 2.37. The molecule has 0 spiro atoms. The van der Waals surface area contributed by atoms with Crippen LogP contribution in [-0.4, -0.2) is 9.78 Å². The molecule has 1 heterocycles. The Morgan fingerprint density at radius 3 is 2.91 bits per heavy atom. The van der Waals surface area contributed by atoms with Gasteiger partial charge in [-0.15, -0.1) is 0 Å². The van der Waals surface area contributed by atoms with Crippen LogP contribution in [-0.2, 0) is 0 Å². The number of rotatable bonds is 2. The standard InChI is InChI=1S/C7H10N4/c1-6(2)11-4-7(3-10-11)9-5-8/h3-4,6,9H,1-2H3. The van der Waals surface area contributed by atoms with Crippen molar-refractivity contribution in [3.05, 3.63) is 12.4 Å². The Morgan fingerprint density at radius 1 is 1.73 bits per heavy atom. The molecule has 11 heavy (non-hydrogen) atoms. The smallest absolute Gasteiger partial charge is 0.181 e. The maximum Gasteiger partial charge on any atom is 0.181 e.